The van der Waals surface area contributed by atoms with E-state index in [0.717, 1.165) is 58.2 Å². The Morgan fingerprint density at radius 1 is 1.10 bits per heavy atom. The average Bonchev–Trinajstić information content (AvgIpc) is 3.08. The zero-order chi connectivity index (χ0) is 21.2. The first kappa shape index (κ1) is 23.7. The number of hydrogen-bond donors (Lipinski definition) is 2. The Balaban J connectivity index is 2.01. The number of hydrogen-bond acceptors (Lipinski definition) is 4. The van der Waals surface area contributed by atoms with Gasteiger partial charge in [0.05, 0.1) is 18.9 Å². The van der Waals surface area contributed by atoms with Gasteiger partial charge in [0, 0.05) is 57.6 Å². The summed E-state index contributed by atoms with van der Waals surface area (Å²) >= 11 is 0. The molecule has 0 aliphatic carbocycles. The van der Waals surface area contributed by atoms with Gasteiger partial charge in [0.2, 0.25) is 0 Å². The summed E-state index contributed by atoms with van der Waals surface area (Å²) in [5.74, 6) is 1.54. The van der Waals surface area contributed by atoms with Gasteiger partial charge in [0.1, 0.15) is 0 Å². The zero-order valence-corrected chi connectivity index (χ0v) is 19.4. The predicted octanol–water partition coefficient (Wildman–Crippen LogP) is 2.35. The van der Waals surface area contributed by atoms with Crippen LogP contribution in [-0.4, -0.2) is 66.6 Å². The molecular formula is C22H42N6O. The van der Waals surface area contributed by atoms with Crippen molar-refractivity contribution < 1.29 is 4.74 Å². The summed E-state index contributed by atoms with van der Waals surface area (Å²) in [7, 11) is 3.89. The Bertz CT molecular complexity index is 631. The van der Waals surface area contributed by atoms with Crippen LogP contribution in [0.5, 0.6) is 0 Å². The maximum Gasteiger partial charge on any atom is 0.191 e. The normalized spacial score (nSPS) is 17.0. The maximum atomic E-state index is 5.57. The topological polar surface area (TPSA) is 66.7 Å². The van der Waals surface area contributed by atoms with Crippen LogP contribution in [0, 0.1) is 5.92 Å². The van der Waals surface area contributed by atoms with Gasteiger partial charge in [-0.2, -0.15) is 5.10 Å². The SMILES string of the molecule is CCc1nn(C)c(CC)c1CNC(=NC)NCC(C(CC)CC)N1CCOCC1. The molecule has 1 atom stereocenters. The molecule has 2 heterocycles. The van der Waals surface area contributed by atoms with Crippen LogP contribution in [0.3, 0.4) is 0 Å². The summed E-state index contributed by atoms with van der Waals surface area (Å²) < 4.78 is 7.59. The van der Waals surface area contributed by atoms with E-state index in [9.17, 15) is 0 Å². The molecule has 29 heavy (non-hydrogen) atoms. The molecule has 1 aliphatic rings. The molecule has 1 saturated heterocycles. The van der Waals surface area contributed by atoms with Crippen LogP contribution in [0.2, 0.25) is 0 Å². The quantitative estimate of drug-likeness (QED) is 0.461. The molecule has 0 amide bonds. The van der Waals surface area contributed by atoms with Crippen molar-refractivity contribution in [2.75, 3.05) is 39.9 Å². The van der Waals surface area contributed by atoms with E-state index in [-0.39, 0.29) is 0 Å². The van der Waals surface area contributed by atoms with Gasteiger partial charge in [-0.05, 0) is 18.8 Å². The Kier molecular flexibility index (Phi) is 9.94. The second kappa shape index (κ2) is 12.2. The fourth-order valence-corrected chi connectivity index (χ4v) is 4.52. The summed E-state index contributed by atoms with van der Waals surface area (Å²) in [5.41, 5.74) is 3.79. The number of aryl methyl sites for hydroxylation is 2. The minimum atomic E-state index is 0.503. The molecule has 0 aromatic carbocycles. The highest BCUT2D eigenvalue weighted by Crippen LogP contribution is 2.20. The molecular weight excluding hydrogens is 364 g/mol. The smallest absolute Gasteiger partial charge is 0.191 e. The third-order valence-electron chi connectivity index (χ3n) is 6.27. The van der Waals surface area contributed by atoms with Crippen molar-refractivity contribution in [1.82, 2.24) is 25.3 Å². The minimum absolute atomic E-state index is 0.503. The molecule has 2 N–H and O–H groups in total. The minimum Gasteiger partial charge on any atom is -0.379 e. The van der Waals surface area contributed by atoms with Crippen LogP contribution in [0.1, 0.15) is 57.5 Å². The number of morpholine rings is 1. The van der Waals surface area contributed by atoms with Crippen molar-refractivity contribution >= 4 is 5.96 Å². The van der Waals surface area contributed by atoms with Crippen LogP contribution in [0.4, 0.5) is 0 Å². The van der Waals surface area contributed by atoms with Crippen molar-refractivity contribution in [3.8, 4) is 0 Å². The average molecular weight is 407 g/mol. The monoisotopic (exact) mass is 406 g/mol. The second-order valence-electron chi connectivity index (χ2n) is 7.80. The van der Waals surface area contributed by atoms with Crippen LogP contribution in [0.15, 0.2) is 4.99 Å². The molecule has 1 aromatic rings. The molecule has 1 unspecified atom stereocenters. The predicted molar refractivity (Wildman–Crippen MR) is 120 cm³/mol. The van der Waals surface area contributed by atoms with Crippen LogP contribution >= 0.6 is 0 Å². The summed E-state index contributed by atoms with van der Waals surface area (Å²) in [6.07, 6.45) is 4.33. The lowest BCUT2D eigenvalue weighted by atomic mass is 9.92. The lowest BCUT2D eigenvalue weighted by Gasteiger charge is -2.39. The molecule has 166 valence electrons. The number of guanidine groups is 1. The highest BCUT2D eigenvalue weighted by Gasteiger charge is 2.27. The number of ether oxygens (including phenoxy) is 1. The fraction of sp³-hybridized carbons (Fsp3) is 0.818. The summed E-state index contributed by atoms with van der Waals surface area (Å²) in [6, 6.07) is 0.503. The van der Waals surface area contributed by atoms with Gasteiger partial charge < -0.3 is 15.4 Å². The summed E-state index contributed by atoms with van der Waals surface area (Å²) in [4.78, 5) is 7.06. The maximum absolute atomic E-state index is 5.57. The van der Waals surface area contributed by atoms with Crippen molar-refractivity contribution in [2.45, 2.75) is 66.0 Å². The molecule has 7 heteroatoms. The second-order valence-corrected chi connectivity index (χ2v) is 7.80. The molecule has 2 rings (SSSR count). The van der Waals surface area contributed by atoms with Gasteiger partial charge in [-0.3, -0.25) is 14.6 Å². The molecule has 1 aliphatic heterocycles. The first-order valence-corrected chi connectivity index (χ1v) is 11.4. The summed E-state index contributed by atoms with van der Waals surface area (Å²) in [5, 5.41) is 11.8. The molecule has 0 bridgehead atoms. The fourth-order valence-electron chi connectivity index (χ4n) is 4.52. The molecule has 0 radical (unpaired) electrons. The first-order chi connectivity index (χ1) is 14.1. The van der Waals surface area contributed by atoms with Crippen LogP contribution in [-0.2, 0) is 31.2 Å². The van der Waals surface area contributed by atoms with E-state index < -0.39 is 0 Å². The Morgan fingerprint density at radius 3 is 2.34 bits per heavy atom. The largest absolute Gasteiger partial charge is 0.379 e. The van der Waals surface area contributed by atoms with E-state index in [1.54, 1.807) is 0 Å². The number of nitrogens with one attached hydrogen (secondary N) is 2. The Hall–Kier alpha value is -1.60. The van der Waals surface area contributed by atoms with Crippen LogP contribution in [0.25, 0.3) is 0 Å². The highest BCUT2D eigenvalue weighted by atomic mass is 16.5. The third-order valence-corrected chi connectivity index (χ3v) is 6.27. The van der Waals surface area contributed by atoms with Crippen molar-refractivity contribution in [3.63, 3.8) is 0 Å². The number of aromatic nitrogens is 2. The molecule has 7 nitrogen and oxygen atoms in total. The van der Waals surface area contributed by atoms with Crippen molar-refractivity contribution in [1.29, 1.82) is 0 Å². The van der Waals surface area contributed by atoms with E-state index in [2.05, 4.69) is 53.3 Å². The molecule has 1 aromatic heterocycles. The number of aliphatic imine (C=N–C) groups is 1. The molecule has 0 spiro atoms. The summed E-state index contributed by atoms with van der Waals surface area (Å²) in [6.45, 7) is 14.3. The van der Waals surface area contributed by atoms with Gasteiger partial charge in [-0.1, -0.05) is 40.5 Å². The van der Waals surface area contributed by atoms with Crippen molar-refractivity contribution in [2.24, 2.45) is 18.0 Å². The zero-order valence-electron chi connectivity index (χ0n) is 19.4. The van der Waals surface area contributed by atoms with E-state index in [0.29, 0.717) is 12.0 Å². The van der Waals surface area contributed by atoms with Gasteiger partial charge in [-0.15, -0.1) is 0 Å². The number of nitrogens with zero attached hydrogens (tertiary/aromatic N) is 4. The van der Waals surface area contributed by atoms with Gasteiger partial charge >= 0.3 is 0 Å². The Labute approximate surface area is 177 Å². The van der Waals surface area contributed by atoms with E-state index in [4.69, 9.17) is 4.74 Å². The van der Waals surface area contributed by atoms with Gasteiger partial charge in [-0.25, -0.2) is 0 Å². The molecule has 1 fully saturated rings. The lowest BCUT2D eigenvalue weighted by molar-refractivity contribution is 0.00272. The molecule has 0 saturated carbocycles. The number of rotatable bonds is 10. The lowest BCUT2D eigenvalue weighted by Crippen LogP contribution is -2.53. The third kappa shape index (κ3) is 6.19. The Morgan fingerprint density at radius 2 is 1.79 bits per heavy atom. The van der Waals surface area contributed by atoms with Gasteiger partial charge in [0.25, 0.3) is 0 Å². The first-order valence-electron chi connectivity index (χ1n) is 11.4. The van der Waals surface area contributed by atoms with E-state index in [1.807, 2.05) is 18.8 Å². The standard InChI is InChI=1S/C22H42N6O/c1-7-17(8-2)21(28-11-13-29-14-12-28)16-25-22(23-5)24-15-18-19(9-3)26-27(6)20(18)10-4/h17,21H,7-16H2,1-6H3,(H2,23,24,25). The van der Waals surface area contributed by atoms with E-state index >= 15 is 0 Å². The van der Waals surface area contributed by atoms with Crippen molar-refractivity contribution in [3.05, 3.63) is 17.0 Å². The highest BCUT2D eigenvalue weighted by molar-refractivity contribution is 5.79. The van der Waals surface area contributed by atoms with Crippen LogP contribution < -0.4 is 10.6 Å². The van der Waals surface area contributed by atoms with Gasteiger partial charge in [0.15, 0.2) is 5.96 Å². The van der Waals surface area contributed by atoms with E-state index in [1.165, 1.54) is 29.8 Å².